The fourth-order valence-electron chi connectivity index (χ4n) is 2.15. The summed E-state index contributed by atoms with van der Waals surface area (Å²) in [5.74, 6) is 0.414. The molecule has 0 saturated heterocycles. The predicted octanol–water partition coefficient (Wildman–Crippen LogP) is 3.69. The highest BCUT2D eigenvalue weighted by Crippen LogP contribution is 2.12. The summed E-state index contributed by atoms with van der Waals surface area (Å²) in [7, 11) is 0. The lowest BCUT2D eigenvalue weighted by molar-refractivity contribution is -0.123. The quantitative estimate of drug-likeness (QED) is 0.626. The number of hydrogen-bond donors (Lipinski definition) is 1. The summed E-state index contributed by atoms with van der Waals surface area (Å²) in [5.41, 5.74) is 5.56. The first-order valence-electron chi connectivity index (χ1n) is 7.79. The van der Waals surface area contributed by atoms with Gasteiger partial charge < -0.3 is 4.74 Å². The van der Waals surface area contributed by atoms with E-state index in [0.717, 1.165) is 29.7 Å². The van der Waals surface area contributed by atoms with Gasteiger partial charge in [0.25, 0.3) is 5.91 Å². The zero-order valence-corrected chi connectivity index (χ0v) is 13.6. The van der Waals surface area contributed by atoms with E-state index in [1.54, 1.807) is 0 Å². The molecule has 0 spiro atoms. The van der Waals surface area contributed by atoms with E-state index in [1.165, 1.54) is 0 Å². The highest BCUT2D eigenvalue weighted by atomic mass is 16.5. The van der Waals surface area contributed by atoms with Crippen molar-refractivity contribution in [2.75, 3.05) is 6.61 Å². The molecule has 4 nitrogen and oxygen atoms in total. The van der Waals surface area contributed by atoms with Crippen molar-refractivity contribution in [1.29, 1.82) is 0 Å². The largest absolute Gasteiger partial charge is 0.484 e. The second-order valence-electron chi connectivity index (χ2n) is 5.31. The van der Waals surface area contributed by atoms with E-state index in [9.17, 15) is 4.79 Å². The molecule has 0 aliphatic carbocycles. The highest BCUT2D eigenvalue weighted by Gasteiger charge is 2.05. The summed E-state index contributed by atoms with van der Waals surface area (Å²) in [4.78, 5) is 11.9. The van der Waals surface area contributed by atoms with Crippen LogP contribution >= 0.6 is 0 Å². The van der Waals surface area contributed by atoms with E-state index in [0.29, 0.717) is 5.75 Å². The average molecular weight is 310 g/mol. The first-order chi connectivity index (χ1) is 11.2. The molecule has 0 aromatic heterocycles. The third kappa shape index (κ3) is 5.58. The normalized spacial score (nSPS) is 11.1. The summed E-state index contributed by atoms with van der Waals surface area (Å²) >= 11 is 0. The zero-order valence-electron chi connectivity index (χ0n) is 13.6. The molecule has 0 unspecified atom stereocenters. The maximum absolute atomic E-state index is 11.9. The molecular formula is C19H22N2O2. The second-order valence-corrected chi connectivity index (χ2v) is 5.31. The van der Waals surface area contributed by atoms with Gasteiger partial charge >= 0.3 is 0 Å². The predicted molar refractivity (Wildman–Crippen MR) is 92.7 cm³/mol. The number of nitrogens with zero attached hydrogens (tertiary/aromatic N) is 1. The third-order valence-corrected chi connectivity index (χ3v) is 3.27. The molecule has 23 heavy (non-hydrogen) atoms. The fraction of sp³-hybridized carbons (Fsp3) is 0.263. The molecular weight excluding hydrogens is 288 g/mol. The van der Waals surface area contributed by atoms with Gasteiger partial charge in [-0.05, 0) is 36.6 Å². The van der Waals surface area contributed by atoms with Crippen LogP contribution in [0.3, 0.4) is 0 Å². The Morgan fingerprint density at radius 3 is 2.61 bits per heavy atom. The number of nitrogens with one attached hydrogen (secondary N) is 1. The van der Waals surface area contributed by atoms with E-state index >= 15 is 0 Å². The molecule has 1 N–H and O–H groups in total. The number of carbonyl (C=O) groups is 1. The lowest BCUT2D eigenvalue weighted by atomic mass is 10.1. The second kappa shape index (κ2) is 8.73. The summed E-state index contributed by atoms with van der Waals surface area (Å²) in [6.07, 6.45) is 1.77. The van der Waals surface area contributed by atoms with Gasteiger partial charge in [0.15, 0.2) is 6.61 Å². The maximum atomic E-state index is 11.9. The maximum Gasteiger partial charge on any atom is 0.277 e. The minimum atomic E-state index is -0.268. The molecule has 2 rings (SSSR count). The van der Waals surface area contributed by atoms with Gasteiger partial charge in [-0.15, -0.1) is 0 Å². The van der Waals surface area contributed by atoms with Crippen LogP contribution in [-0.4, -0.2) is 18.2 Å². The van der Waals surface area contributed by atoms with Gasteiger partial charge in [0.05, 0.1) is 5.71 Å². The van der Waals surface area contributed by atoms with Crippen molar-refractivity contribution in [3.63, 3.8) is 0 Å². The van der Waals surface area contributed by atoms with Crippen molar-refractivity contribution < 1.29 is 9.53 Å². The standard InChI is InChI=1S/C19H22N2O2/c1-3-8-18(16-10-5-4-6-11-16)20-21-19(22)14-23-17-12-7-9-15(2)13-17/h4-7,9-13H,3,8,14H2,1-2H3,(H,21,22)/b20-18+. The number of carbonyl (C=O) groups excluding carboxylic acids is 1. The van der Waals surface area contributed by atoms with Gasteiger partial charge in [0.1, 0.15) is 5.75 Å². The van der Waals surface area contributed by atoms with Crippen molar-refractivity contribution in [2.45, 2.75) is 26.7 Å². The molecule has 0 heterocycles. The Balaban J connectivity index is 1.92. The number of aryl methyl sites for hydroxylation is 1. The molecule has 0 fully saturated rings. The summed E-state index contributed by atoms with van der Waals surface area (Å²) in [6.45, 7) is 4.01. The van der Waals surface area contributed by atoms with Crippen LogP contribution in [0.2, 0.25) is 0 Å². The van der Waals surface area contributed by atoms with Crippen molar-refractivity contribution in [2.24, 2.45) is 5.10 Å². The van der Waals surface area contributed by atoms with Gasteiger partial charge in [0, 0.05) is 0 Å². The van der Waals surface area contributed by atoms with E-state index in [-0.39, 0.29) is 12.5 Å². The molecule has 0 aliphatic heterocycles. The van der Waals surface area contributed by atoms with Crippen molar-refractivity contribution in [3.05, 3.63) is 65.7 Å². The highest BCUT2D eigenvalue weighted by molar-refractivity contribution is 6.01. The van der Waals surface area contributed by atoms with Crippen LogP contribution in [0.4, 0.5) is 0 Å². The van der Waals surface area contributed by atoms with E-state index < -0.39 is 0 Å². The molecule has 2 aromatic rings. The minimum absolute atomic E-state index is 0.0544. The number of hydrazone groups is 1. The van der Waals surface area contributed by atoms with Gasteiger partial charge in [-0.1, -0.05) is 55.8 Å². The Kier molecular flexibility index (Phi) is 6.36. The van der Waals surface area contributed by atoms with Crippen LogP contribution in [0.5, 0.6) is 5.75 Å². The van der Waals surface area contributed by atoms with Gasteiger partial charge in [-0.2, -0.15) is 5.10 Å². The average Bonchev–Trinajstić information content (AvgIpc) is 2.57. The van der Waals surface area contributed by atoms with E-state index in [2.05, 4.69) is 17.5 Å². The number of ether oxygens (including phenoxy) is 1. The number of benzene rings is 2. The van der Waals surface area contributed by atoms with Gasteiger partial charge in [-0.3, -0.25) is 4.79 Å². The lowest BCUT2D eigenvalue weighted by Gasteiger charge is -2.08. The van der Waals surface area contributed by atoms with Crippen molar-refractivity contribution >= 4 is 11.6 Å². The van der Waals surface area contributed by atoms with E-state index in [4.69, 9.17) is 4.74 Å². The third-order valence-electron chi connectivity index (χ3n) is 3.27. The summed E-state index contributed by atoms with van der Waals surface area (Å²) in [6, 6.07) is 17.5. The Bertz CT molecular complexity index is 666. The molecule has 0 atom stereocenters. The Morgan fingerprint density at radius 1 is 1.13 bits per heavy atom. The molecule has 1 amide bonds. The zero-order chi connectivity index (χ0) is 16.5. The Labute approximate surface area is 137 Å². The lowest BCUT2D eigenvalue weighted by Crippen LogP contribution is -2.26. The molecule has 0 bridgehead atoms. The van der Waals surface area contributed by atoms with Crippen molar-refractivity contribution in [3.8, 4) is 5.75 Å². The Morgan fingerprint density at radius 2 is 1.91 bits per heavy atom. The SMILES string of the molecule is CCC/C(=N\NC(=O)COc1cccc(C)c1)c1ccccc1. The topological polar surface area (TPSA) is 50.7 Å². The van der Waals surface area contributed by atoms with Crippen LogP contribution in [0.25, 0.3) is 0 Å². The first kappa shape index (κ1) is 16.7. The van der Waals surface area contributed by atoms with Gasteiger partial charge in [-0.25, -0.2) is 5.43 Å². The summed E-state index contributed by atoms with van der Waals surface area (Å²) in [5, 5.41) is 4.25. The van der Waals surface area contributed by atoms with Crippen LogP contribution in [0, 0.1) is 6.92 Å². The molecule has 4 heteroatoms. The van der Waals surface area contributed by atoms with E-state index in [1.807, 2.05) is 61.5 Å². The summed E-state index contributed by atoms with van der Waals surface area (Å²) < 4.78 is 5.47. The number of rotatable bonds is 7. The molecule has 0 radical (unpaired) electrons. The minimum Gasteiger partial charge on any atom is -0.484 e. The number of amides is 1. The monoisotopic (exact) mass is 310 g/mol. The molecule has 0 aliphatic rings. The van der Waals surface area contributed by atoms with Crippen LogP contribution in [-0.2, 0) is 4.79 Å². The molecule has 120 valence electrons. The van der Waals surface area contributed by atoms with Crippen LogP contribution < -0.4 is 10.2 Å². The fourth-order valence-corrected chi connectivity index (χ4v) is 2.15. The smallest absolute Gasteiger partial charge is 0.277 e. The molecule has 2 aromatic carbocycles. The first-order valence-corrected chi connectivity index (χ1v) is 7.79. The van der Waals surface area contributed by atoms with Gasteiger partial charge in [0.2, 0.25) is 0 Å². The van der Waals surface area contributed by atoms with Crippen LogP contribution in [0.15, 0.2) is 59.7 Å². The Hall–Kier alpha value is -2.62. The molecule has 0 saturated carbocycles. The van der Waals surface area contributed by atoms with Crippen LogP contribution in [0.1, 0.15) is 30.9 Å². The number of hydrogen-bond acceptors (Lipinski definition) is 3. The van der Waals surface area contributed by atoms with Crippen molar-refractivity contribution in [1.82, 2.24) is 5.43 Å².